The number of nitro benzene ring substituents is 1. The Labute approximate surface area is 97.7 Å². The lowest BCUT2D eigenvalue weighted by Crippen LogP contribution is -1.98. The van der Waals surface area contributed by atoms with Gasteiger partial charge in [0.05, 0.1) is 11.3 Å². The predicted molar refractivity (Wildman–Crippen MR) is 61.8 cm³/mol. The summed E-state index contributed by atoms with van der Waals surface area (Å²) < 4.78 is 0. The van der Waals surface area contributed by atoms with Gasteiger partial charge in [0.25, 0.3) is 5.69 Å². The van der Waals surface area contributed by atoms with Crippen molar-refractivity contribution in [3.05, 3.63) is 57.7 Å². The van der Waals surface area contributed by atoms with Crippen LogP contribution in [0.25, 0.3) is 0 Å². The van der Waals surface area contributed by atoms with Crippen molar-refractivity contribution < 1.29 is 4.92 Å². The Morgan fingerprint density at radius 1 is 1.41 bits per heavy atom. The molecule has 1 unspecified atom stereocenters. The predicted octanol–water partition coefficient (Wildman–Crippen LogP) is 2.20. The summed E-state index contributed by atoms with van der Waals surface area (Å²) in [5.41, 5.74) is 3.25. The number of benzene rings is 1. The Morgan fingerprint density at radius 2 is 2.29 bits per heavy atom. The van der Waals surface area contributed by atoms with E-state index >= 15 is 0 Å². The lowest BCUT2D eigenvalue weighted by Gasteiger charge is -2.04. The number of nitrogens with one attached hydrogen (secondary N) is 1. The van der Waals surface area contributed by atoms with Gasteiger partial charge in [-0.25, -0.2) is 4.98 Å². The molecule has 0 bridgehead atoms. The van der Waals surface area contributed by atoms with E-state index in [-0.39, 0.29) is 16.5 Å². The van der Waals surface area contributed by atoms with Crippen LogP contribution in [0.1, 0.15) is 22.7 Å². The first kappa shape index (κ1) is 10.0. The van der Waals surface area contributed by atoms with Crippen molar-refractivity contribution in [1.29, 1.82) is 0 Å². The summed E-state index contributed by atoms with van der Waals surface area (Å²) in [6, 6.07) is 5.30. The molecule has 0 spiro atoms. The van der Waals surface area contributed by atoms with Crippen molar-refractivity contribution in [3.63, 3.8) is 0 Å². The summed E-state index contributed by atoms with van der Waals surface area (Å²) in [6.45, 7) is 0. The molecule has 1 aliphatic rings. The lowest BCUT2D eigenvalue weighted by atomic mass is 10.0. The van der Waals surface area contributed by atoms with Crippen molar-refractivity contribution in [1.82, 2.24) is 9.97 Å². The number of H-pyrrole nitrogens is 1. The highest BCUT2D eigenvalue weighted by atomic mass is 16.6. The van der Waals surface area contributed by atoms with Crippen molar-refractivity contribution in [2.45, 2.75) is 18.8 Å². The van der Waals surface area contributed by atoms with Gasteiger partial charge in [-0.2, -0.15) is 0 Å². The van der Waals surface area contributed by atoms with Gasteiger partial charge in [0.1, 0.15) is 0 Å². The fourth-order valence-electron chi connectivity index (χ4n) is 2.51. The van der Waals surface area contributed by atoms with Crippen LogP contribution in [0.15, 0.2) is 30.7 Å². The minimum absolute atomic E-state index is 0.240. The fraction of sp³-hybridized carbons (Fsp3) is 0.250. The van der Waals surface area contributed by atoms with Gasteiger partial charge >= 0.3 is 0 Å². The maximum atomic E-state index is 10.9. The number of hydrogen-bond donors (Lipinski definition) is 1. The van der Waals surface area contributed by atoms with E-state index in [1.165, 1.54) is 0 Å². The van der Waals surface area contributed by atoms with Crippen LogP contribution in [0.5, 0.6) is 0 Å². The van der Waals surface area contributed by atoms with Crippen LogP contribution in [0.4, 0.5) is 5.69 Å². The molecule has 0 saturated heterocycles. The largest absolute Gasteiger partial charge is 0.348 e. The molecule has 1 aromatic heterocycles. The number of imidazole rings is 1. The molecule has 1 heterocycles. The molecule has 2 aromatic rings. The molecular weight excluding hydrogens is 218 g/mol. The molecule has 0 saturated carbocycles. The van der Waals surface area contributed by atoms with Gasteiger partial charge in [-0.15, -0.1) is 0 Å². The summed E-state index contributed by atoms with van der Waals surface area (Å²) in [6.07, 6.45) is 5.00. The zero-order chi connectivity index (χ0) is 11.8. The Hall–Kier alpha value is -2.17. The maximum absolute atomic E-state index is 10.9. The Balaban J connectivity index is 1.98. The van der Waals surface area contributed by atoms with E-state index in [1.807, 2.05) is 6.07 Å². The molecule has 1 aromatic carbocycles. The SMILES string of the molecule is O=[N+]([O-])c1cccc2c1CC(c1cnc[nH]1)C2. The first-order valence-corrected chi connectivity index (χ1v) is 5.49. The summed E-state index contributed by atoms with van der Waals surface area (Å²) in [5, 5.41) is 10.9. The number of nitrogens with zero attached hydrogens (tertiary/aromatic N) is 2. The number of aromatic nitrogens is 2. The molecule has 0 fully saturated rings. The van der Waals surface area contributed by atoms with Crippen LogP contribution in [0.3, 0.4) is 0 Å². The quantitative estimate of drug-likeness (QED) is 0.633. The molecule has 0 aliphatic heterocycles. The van der Waals surface area contributed by atoms with Crippen molar-refractivity contribution >= 4 is 5.69 Å². The fourth-order valence-corrected chi connectivity index (χ4v) is 2.51. The van der Waals surface area contributed by atoms with E-state index in [2.05, 4.69) is 9.97 Å². The molecular formula is C12H11N3O2. The molecule has 5 heteroatoms. The van der Waals surface area contributed by atoms with Gasteiger partial charge in [0.2, 0.25) is 0 Å². The highest BCUT2D eigenvalue weighted by Crippen LogP contribution is 2.37. The van der Waals surface area contributed by atoms with Crippen LogP contribution in [-0.2, 0) is 12.8 Å². The van der Waals surface area contributed by atoms with Crippen LogP contribution < -0.4 is 0 Å². The number of fused-ring (bicyclic) bond motifs is 1. The first-order valence-electron chi connectivity index (χ1n) is 5.49. The molecule has 1 N–H and O–H groups in total. The van der Waals surface area contributed by atoms with E-state index < -0.39 is 0 Å². The van der Waals surface area contributed by atoms with Gasteiger partial charge in [-0.05, 0) is 18.4 Å². The van der Waals surface area contributed by atoms with Crippen LogP contribution in [0, 0.1) is 10.1 Å². The summed E-state index contributed by atoms with van der Waals surface area (Å²) >= 11 is 0. The minimum atomic E-state index is -0.297. The third kappa shape index (κ3) is 1.60. The Morgan fingerprint density at radius 3 is 3.00 bits per heavy atom. The van der Waals surface area contributed by atoms with Crippen LogP contribution in [0.2, 0.25) is 0 Å². The molecule has 3 rings (SSSR count). The van der Waals surface area contributed by atoms with Gasteiger partial charge in [0.15, 0.2) is 0 Å². The second-order valence-corrected chi connectivity index (χ2v) is 4.28. The topological polar surface area (TPSA) is 71.8 Å². The van der Waals surface area contributed by atoms with Gasteiger partial charge < -0.3 is 4.98 Å². The summed E-state index contributed by atoms with van der Waals surface area (Å²) in [5.74, 6) is 0.286. The summed E-state index contributed by atoms with van der Waals surface area (Å²) in [7, 11) is 0. The normalized spacial score (nSPS) is 18.0. The van der Waals surface area contributed by atoms with Gasteiger partial charge in [-0.1, -0.05) is 12.1 Å². The van der Waals surface area contributed by atoms with E-state index in [4.69, 9.17) is 0 Å². The third-order valence-electron chi connectivity index (χ3n) is 3.32. The molecule has 0 radical (unpaired) electrons. The number of hydrogen-bond acceptors (Lipinski definition) is 3. The Kier molecular flexibility index (Phi) is 2.18. The average Bonchev–Trinajstić information content (AvgIpc) is 2.96. The van der Waals surface area contributed by atoms with E-state index in [9.17, 15) is 10.1 Å². The number of rotatable bonds is 2. The maximum Gasteiger partial charge on any atom is 0.272 e. The molecule has 1 atom stereocenters. The molecule has 0 amide bonds. The van der Waals surface area contributed by atoms with Gasteiger partial charge in [0, 0.05) is 29.4 Å². The first-order chi connectivity index (χ1) is 8.25. The smallest absolute Gasteiger partial charge is 0.272 e. The summed E-state index contributed by atoms with van der Waals surface area (Å²) in [4.78, 5) is 17.7. The number of aromatic amines is 1. The van der Waals surface area contributed by atoms with Crippen LogP contribution in [-0.4, -0.2) is 14.9 Å². The monoisotopic (exact) mass is 229 g/mol. The second-order valence-electron chi connectivity index (χ2n) is 4.28. The van der Waals surface area contributed by atoms with Crippen LogP contribution >= 0.6 is 0 Å². The highest BCUT2D eigenvalue weighted by Gasteiger charge is 2.29. The molecule has 5 nitrogen and oxygen atoms in total. The van der Waals surface area contributed by atoms with E-state index in [0.717, 1.165) is 23.2 Å². The van der Waals surface area contributed by atoms with Crippen molar-refractivity contribution in [2.24, 2.45) is 0 Å². The minimum Gasteiger partial charge on any atom is -0.348 e. The van der Waals surface area contributed by atoms with Crippen molar-refractivity contribution in [2.75, 3.05) is 0 Å². The number of nitro groups is 1. The average molecular weight is 229 g/mol. The Bertz CT molecular complexity index is 563. The zero-order valence-electron chi connectivity index (χ0n) is 9.09. The molecule has 17 heavy (non-hydrogen) atoms. The third-order valence-corrected chi connectivity index (χ3v) is 3.32. The lowest BCUT2D eigenvalue weighted by molar-refractivity contribution is -0.385. The zero-order valence-corrected chi connectivity index (χ0v) is 9.09. The van der Waals surface area contributed by atoms with E-state index in [0.29, 0.717) is 6.42 Å². The highest BCUT2D eigenvalue weighted by molar-refractivity contribution is 5.50. The van der Waals surface area contributed by atoms with E-state index in [1.54, 1.807) is 24.7 Å². The standard InChI is InChI=1S/C12H11N3O2/c16-15(17)12-3-1-2-8-4-9(5-10(8)12)11-6-13-7-14-11/h1-3,6-7,9H,4-5H2,(H,13,14). The van der Waals surface area contributed by atoms with Gasteiger partial charge in [-0.3, -0.25) is 10.1 Å². The molecule has 1 aliphatic carbocycles. The van der Waals surface area contributed by atoms with Crippen molar-refractivity contribution in [3.8, 4) is 0 Å². The molecule has 86 valence electrons. The second kappa shape index (κ2) is 3.69.